The van der Waals surface area contributed by atoms with Crippen LogP contribution in [0.25, 0.3) is 0 Å². The van der Waals surface area contributed by atoms with Crippen LogP contribution in [0, 0.1) is 13.8 Å². The first-order valence-electron chi connectivity index (χ1n) is 6.79. The summed E-state index contributed by atoms with van der Waals surface area (Å²) in [5.74, 6) is -1.14. The summed E-state index contributed by atoms with van der Waals surface area (Å²) in [6, 6.07) is 5.06. The first kappa shape index (κ1) is 15.0. The molecule has 0 spiro atoms. The zero-order chi connectivity index (χ0) is 15.4. The summed E-state index contributed by atoms with van der Waals surface area (Å²) in [6.07, 6.45) is 0.727. The lowest BCUT2D eigenvalue weighted by Crippen LogP contribution is -2.36. The molecule has 1 atom stereocenters. The Hall–Kier alpha value is -2.37. The SMILES string of the molecule is Cc1cccc(C)c1NC(=O)COC(=O)[C@@H]1CCC(=O)N1. The van der Waals surface area contributed by atoms with Crippen molar-refractivity contribution in [2.45, 2.75) is 32.7 Å². The smallest absolute Gasteiger partial charge is 0.329 e. The minimum Gasteiger partial charge on any atom is -0.454 e. The highest BCUT2D eigenvalue weighted by atomic mass is 16.5. The van der Waals surface area contributed by atoms with Crippen molar-refractivity contribution >= 4 is 23.5 Å². The topological polar surface area (TPSA) is 84.5 Å². The van der Waals surface area contributed by atoms with E-state index in [1.165, 1.54) is 0 Å². The Morgan fingerprint density at radius 2 is 2.00 bits per heavy atom. The number of para-hydroxylation sites is 1. The number of aryl methyl sites for hydroxylation is 2. The second kappa shape index (κ2) is 6.39. The molecule has 2 N–H and O–H groups in total. The Labute approximate surface area is 122 Å². The van der Waals surface area contributed by atoms with Crippen LogP contribution in [-0.2, 0) is 19.1 Å². The molecule has 1 aliphatic heterocycles. The first-order valence-corrected chi connectivity index (χ1v) is 6.79. The van der Waals surface area contributed by atoms with Crippen molar-refractivity contribution in [3.8, 4) is 0 Å². The van der Waals surface area contributed by atoms with E-state index in [0.29, 0.717) is 12.8 Å². The maximum atomic E-state index is 11.8. The molecule has 1 fully saturated rings. The van der Waals surface area contributed by atoms with Gasteiger partial charge in [-0.15, -0.1) is 0 Å². The van der Waals surface area contributed by atoms with Crippen molar-refractivity contribution in [2.24, 2.45) is 0 Å². The van der Waals surface area contributed by atoms with Gasteiger partial charge in [0.25, 0.3) is 5.91 Å². The van der Waals surface area contributed by atoms with Crippen LogP contribution >= 0.6 is 0 Å². The van der Waals surface area contributed by atoms with E-state index in [1.54, 1.807) is 0 Å². The lowest BCUT2D eigenvalue weighted by molar-refractivity contribution is -0.149. The molecule has 1 aromatic rings. The van der Waals surface area contributed by atoms with E-state index in [9.17, 15) is 14.4 Å². The van der Waals surface area contributed by atoms with Gasteiger partial charge in [-0.3, -0.25) is 9.59 Å². The van der Waals surface area contributed by atoms with Crippen LogP contribution in [0.1, 0.15) is 24.0 Å². The molecule has 0 radical (unpaired) electrons. The highest BCUT2D eigenvalue weighted by Crippen LogP contribution is 2.19. The lowest BCUT2D eigenvalue weighted by Gasteiger charge is -2.13. The number of nitrogens with one attached hydrogen (secondary N) is 2. The molecular formula is C15H18N2O4. The minimum absolute atomic E-state index is 0.170. The molecule has 0 aliphatic carbocycles. The molecule has 1 heterocycles. The zero-order valence-electron chi connectivity index (χ0n) is 12.1. The number of rotatable bonds is 4. The largest absolute Gasteiger partial charge is 0.454 e. The maximum absolute atomic E-state index is 11.8. The molecule has 0 aromatic heterocycles. The third-order valence-corrected chi connectivity index (χ3v) is 3.37. The molecule has 1 saturated heterocycles. The lowest BCUT2D eigenvalue weighted by atomic mass is 10.1. The molecule has 112 valence electrons. The van der Waals surface area contributed by atoms with Crippen LogP contribution in [0.4, 0.5) is 5.69 Å². The second-order valence-electron chi connectivity index (χ2n) is 5.08. The maximum Gasteiger partial charge on any atom is 0.329 e. The van der Waals surface area contributed by atoms with E-state index < -0.39 is 17.9 Å². The number of ether oxygens (including phenoxy) is 1. The predicted molar refractivity (Wildman–Crippen MR) is 76.7 cm³/mol. The van der Waals surface area contributed by atoms with Gasteiger partial charge in [-0.25, -0.2) is 4.79 Å². The van der Waals surface area contributed by atoms with Crippen molar-refractivity contribution in [2.75, 3.05) is 11.9 Å². The third kappa shape index (κ3) is 3.81. The van der Waals surface area contributed by atoms with Crippen LogP contribution in [-0.4, -0.2) is 30.4 Å². The molecule has 0 saturated carbocycles. The van der Waals surface area contributed by atoms with E-state index in [0.717, 1.165) is 16.8 Å². The van der Waals surface area contributed by atoms with Gasteiger partial charge in [-0.2, -0.15) is 0 Å². The number of hydrogen-bond donors (Lipinski definition) is 2. The third-order valence-electron chi connectivity index (χ3n) is 3.37. The first-order chi connectivity index (χ1) is 9.97. The molecule has 1 aliphatic rings. The normalized spacial score (nSPS) is 17.2. The average molecular weight is 290 g/mol. The number of esters is 1. The van der Waals surface area contributed by atoms with Crippen molar-refractivity contribution in [1.82, 2.24) is 5.32 Å². The summed E-state index contributed by atoms with van der Waals surface area (Å²) < 4.78 is 4.92. The van der Waals surface area contributed by atoms with E-state index in [-0.39, 0.29) is 12.5 Å². The van der Waals surface area contributed by atoms with E-state index >= 15 is 0 Å². The Bertz CT molecular complexity index is 563. The molecule has 6 heteroatoms. The summed E-state index contributed by atoms with van der Waals surface area (Å²) in [5.41, 5.74) is 2.61. The molecule has 6 nitrogen and oxygen atoms in total. The monoisotopic (exact) mass is 290 g/mol. The van der Waals surface area contributed by atoms with Gasteiger partial charge < -0.3 is 15.4 Å². The van der Waals surface area contributed by atoms with Gasteiger partial charge in [0.05, 0.1) is 0 Å². The average Bonchev–Trinajstić information content (AvgIpc) is 2.87. The van der Waals surface area contributed by atoms with Crippen LogP contribution in [0.5, 0.6) is 0 Å². The molecule has 0 bridgehead atoms. The summed E-state index contributed by atoms with van der Waals surface area (Å²) >= 11 is 0. The van der Waals surface area contributed by atoms with Gasteiger partial charge >= 0.3 is 5.97 Å². The number of hydrogen-bond acceptors (Lipinski definition) is 4. The number of benzene rings is 1. The highest BCUT2D eigenvalue weighted by Gasteiger charge is 2.28. The van der Waals surface area contributed by atoms with Gasteiger partial charge in [-0.1, -0.05) is 18.2 Å². The van der Waals surface area contributed by atoms with E-state index in [1.807, 2.05) is 32.0 Å². The van der Waals surface area contributed by atoms with Gasteiger partial charge in [0, 0.05) is 12.1 Å². The van der Waals surface area contributed by atoms with Gasteiger partial charge in [-0.05, 0) is 31.4 Å². The molecule has 1 aromatic carbocycles. The van der Waals surface area contributed by atoms with Gasteiger partial charge in [0.15, 0.2) is 6.61 Å². The summed E-state index contributed by atoms with van der Waals surface area (Å²) in [5, 5.41) is 5.23. The zero-order valence-corrected chi connectivity index (χ0v) is 12.1. The molecule has 2 amide bonds. The fraction of sp³-hybridized carbons (Fsp3) is 0.400. The van der Waals surface area contributed by atoms with Crippen LogP contribution in [0.15, 0.2) is 18.2 Å². The number of amides is 2. The number of carbonyl (C=O) groups excluding carboxylic acids is 3. The van der Waals surface area contributed by atoms with E-state index in [4.69, 9.17) is 4.74 Å². The standard InChI is InChI=1S/C15H18N2O4/c1-9-4-3-5-10(2)14(9)17-13(19)8-21-15(20)11-6-7-12(18)16-11/h3-5,11H,6-8H2,1-2H3,(H,16,18)(H,17,19)/t11-/m0/s1. The Balaban J connectivity index is 1.85. The van der Waals surface area contributed by atoms with Crippen LogP contribution in [0.2, 0.25) is 0 Å². The Morgan fingerprint density at radius 1 is 1.33 bits per heavy atom. The molecule has 2 rings (SSSR count). The summed E-state index contributed by atoms with van der Waals surface area (Å²) in [4.78, 5) is 34.5. The van der Waals surface area contributed by atoms with E-state index in [2.05, 4.69) is 10.6 Å². The van der Waals surface area contributed by atoms with Gasteiger partial charge in [0.1, 0.15) is 6.04 Å². The molecule has 21 heavy (non-hydrogen) atoms. The van der Waals surface area contributed by atoms with Crippen LogP contribution in [0.3, 0.4) is 0 Å². The number of carbonyl (C=O) groups is 3. The van der Waals surface area contributed by atoms with Crippen molar-refractivity contribution in [1.29, 1.82) is 0 Å². The second-order valence-corrected chi connectivity index (χ2v) is 5.08. The minimum atomic E-state index is -0.634. The summed E-state index contributed by atoms with van der Waals surface area (Å²) in [7, 11) is 0. The fourth-order valence-corrected chi connectivity index (χ4v) is 2.22. The quantitative estimate of drug-likeness (QED) is 0.812. The predicted octanol–water partition coefficient (Wildman–Crippen LogP) is 1.06. The van der Waals surface area contributed by atoms with Crippen LogP contribution < -0.4 is 10.6 Å². The van der Waals surface area contributed by atoms with Gasteiger partial charge in [0.2, 0.25) is 5.91 Å². The van der Waals surface area contributed by atoms with Crippen molar-refractivity contribution in [3.05, 3.63) is 29.3 Å². The fourth-order valence-electron chi connectivity index (χ4n) is 2.22. The Kier molecular flexibility index (Phi) is 4.57. The van der Waals surface area contributed by atoms with Crippen molar-refractivity contribution < 1.29 is 19.1 Å². The van der Waals surface area contributed by atoms with Crippen molar-refractivity contribution in [3.63, 3.8) is 0 Å². The molecule has 0 unspecified atom stereocenters. The number of anilines is 1. The molecular weight excluding hydrogens is 272 g/mol. The Morgan fingerprint density at radius 3 is 2.57 bits per heavy atom. The summed E-state index contributed by atoms with van der Waals surface area (Å²) in [6.45, 7) is 3.42. The highest BCUT2D eigenvalue weighted by molar-refractivity contribution is 5.95.